The van der Waals surface area contributed by atoms with E-state index in [1.165, 1.54) is 6.08 Å². The first-order chi connectivity index (χ1) is 7.40. The number of halogens is 2. The number of aromatic nitrogens is 2. The van der Waals surface area contributed by atoms with Crippen LogP contribution in [0.2, 0.25) is 0 Å². The molecule has 0 aliphatic heterocycles. The number of hydrogen-bond acceptors (Lipinski definition) is 3. The molecule has 0 unspecified atom stereocenters. The molecule has 0 aromatic carbocycles. The molecule has 6 heteroatoms. The van der Waals surface area contributed by atoms with Crippen LogP contribution in [0.4, 0.5) is 10.2 Å². The molecule has 84 valence electrons. The van der Waals surface area contributed by atoms with Gasteiger partial charge >= 0.3 is 0 Å². The highest BCUT2D eigenvalue weighted by molar-refractivity contribution is 6.31. The highest BCUT2D eigenvalue weighted by atomic mass is 35.5. The lowest BCUT2D eigenvalue weighted by Gasteiger charge is -2.03. The van der Waals surface area contributed by atoms with Crippen molar-refractivity contribution in [2.45, 2.75) is 0 Å². The first-order valence-electron chi connectivity index (χ1n) is 4.18. The summed E-state index contributed by atoms with van der Waals surface area (Å²) in [6.07, 6.45) is 1.20. The molecule has 0 amide bonds. The second kappa shape index (κ2) is 4.76. The van der Waals surface area contributed by atoms with Crippen LogP contribution in [0.5, 0.6) is 0 Å². The van der Waals surface area contributed by atoms with Gasteiger partial charge in [-0.1, -0.05) is 24.8 Å². The number of nitrogens with two attached hydrogens (primary N) is 1. The summed E-state index contributed by atoms with van der Waals surface area (Å²) >= 11 is 5.52. The van der Waals surface area contributed by atoms with E-state index in [9.17, 15) is 9.18 Å². The van der Waals surface area contributed by atoms with Crippen molar-refractivity contribution in [1.29, 1.82) is 0 Å². The lowest BCUT2D eigenvalue weighted by atomic mass is 10.2. The molecule has 1 aromatic rings. The second-order valence-corrected chi connectivity index (χ2v) is 3.41. The van der Waals surface area contributed by atoms with Crippen molar-refractivity contribution in [2.75, 3.05) is 5.73 Å². The van der Waals surface area contributed by atoms with Crippen molar-refractivity contribution in [2.24, 2.45) is 0 Å². The molecular formula is C10H9ClFN3O. The van der Waals surface area contributed by atoms with Gasteiger partial charge in [0.05, 0.1) is 5.57 Å². The molecule has 0 aliphatic rings. The zero-order chi connectivity index (χ0) is 12.3. The Hall–Kier alpha value is -1.88. The summed E-state index contributed by atoms with van der Waals surface area (Å²) in [5, 5.41) is 0.0823. The van der Waals surface area contributed by atoms with Crippen LogP contribution in [0, 0.1) is 0 Å². The first kappa shape index (κ1) is 12.2. The van der Waals surface area contributed by atoms with E-state index in [0.717, 1.165) is 6.07 Å². The smallest absolute Gasteiger partial charge is 0.253 e. The van der Waals surface area contributed by atoms with Crippen LogP contribution in [0.3, 0.4) is 0 Å². The van der Waals surface area contributed by atoms with Crippen molar-refractivity contribution in [1.82, 2.24) is 9.97 Å². The molecule has 0 saturated heterocycles. The van der Waals surface area contributed by atoms with Crippen LogP contribution in [0.25, 0.3) is 5.57 Å². The van der Waals surface area contributed by atoms with Gasteiger partial charge in [0.25, 0.3) is 5.56 Å². The van der Waals surface area contributed by atoms with Crippen molar-refractivity contribution in [3.8, 4) is 0 Å². The Labute approximate surface area is 96.0 Å². The fourth-order valence-corrected chi connectivity index (χ4v) is 1.14. The van der Waals surface area contributed by atoms with E-state index in [1.54, 1.807) is 0 Å². The SMILES string of the molecule is C=C(Cl)/C=C(\C(=C)F)c1nc(N)cc(=O)[nH]1. The van der Waals surface area contributed by atoms with E-state index in [1.807, 2.05) is 0 Å². The van der Waals surface area contributed by atoms with Gasteiger partial charge in [0.2, 0.25) is 0 Å². The van der Waals surface area contributed by atoms with Gasteiger partial charge in [0, 0.05) is 11.1 Å². The van der Waals surface area contributed by atoms with Crippen molar-refractivity contribution < 1.29 is 4.39 Å². The maximum Gasteiger partial charge on any atom is 0.253 e. The number of anilines is 1. The number of rotatable bonds is 3. The molecule has 3 N–H and O–H groups in total. The molecule has 0 atom stereocenters. The zero-order valence-corrected chi connectivity index (χ0v) is 9.01. The van der Waals surface area contributed by atoms with E-state index in [4.69, 9.17) is 17.3 Å². The minimum atomic E-state index is -0.796. The van der Waals surface area contributed by atoms with E-state index >= 15 is 0 Å². The fourth-order valence-electron chi connectivity index (χ4n) is 1.04. The number of H-pyrrole nitrogens is 1. The molecule has 0 radical (unpaired) electrons. The summed E-state index contributed by atoms with van der Waals surface area (Å²) in [6.45, 7) is 6.48. The topological polar surface area (TPSA) is 71.8 Å². The standard InChI is InChI=1S/C10H9ClFN3O/c1-5(11)3-7(6(2)12)10-14-8(13)4-9(16)15-10/h3-4H,1-2H2,(H3,13,14,15,16)/b7-3+. The average Bonchev–Trinajstić information content (AvgIpc) is 2.11. The molecule has 16 heavy (non-hydrogen) atoms. The van der Waals surface area contributed by atoms with Crippen molar-refractivity contribution in [3.63, 3.8) is 0 Å². The molecule has 1 rings (SSSR count). The fraction of sp³-hybridized carbons (Fsp3) is 0. The second-order valence-electron chi connectivity index (χ2n) is 2.93. The predicted molar refractivity (Wildman–Crippen MR) is 62.5 cm³/mol. The van der Waals surface area contributed by atoms with E-state index in [2.05, 4.69) is 23.1 Å². The zero-order valence-electron chi connectivity index (χ0n) is 8.26. The Balaban J connectivity index is 3.38. The Bertz CT molecular complexity index is 533. The number of aromatic amines is 1. The van der Waals surface area contributed by atoms with Crippen LogP contribution < -0.4 is 11.3 Å². The number of nitrogens with zero attached hydrogens (tertiary/aromatic N) is 1. The molecule has 0 aliphatic carbocycles. The summed E-state index contributed by atoms with van der Waals surface area (Å²) in [5.74, 6) is -0.860. The van der Waals surface area contributed by atoms with Gasteiger partial charge in [-0.2, -0.15) is 0 Å². The lowest BCUT2D eigenvalue weighted by molar-refractivity contribution is 0.676. The van der Waals surface area contributed by atoms with Gasteiger partial charge in [-0.15, -0.1) is 0 Å². The van der Waals surface area contributed by atoms with Gasteiger partial charge < -0.3 is 10.7 Å². The minimum absolute atomic E-state index is 0.0221. The van der Waals surface area contributed by atoms with Crippen LogP contribution in [0.1, 0.15) is 5.82 Å². The third-order valence-corrected chi connectivity index (χ3v) is 1.72. The Morgan fingerprint density at radius 3 is 2.69 bits per heavy atom. The molecular weight excluding hydrogens is 233 g/mol. The molecule has 1 aromatic heterocycles. The number of hydrogen-bond donors (Lipinski definition) is 2. The maximum absolute atomic E-state index is 13.1. The van der Waals surface area contributed by atoms with Crippen LogP contribution in [0.15, 0.2) is 41.0 Å². The van der Waals surface area contributed by atoms with E-state index in [0.29, 0.717) is 0 Å². The van der Waals surface area contributed by atoms with Crippen LogP contribution in [-0.2, 0) is 0 Å². The first-order valence-corrected chi connectivity index (χ1v) is 4.56. The third-order valence-electron chi connectivity index (χ3n) is 1.61. The summed E-state index contributed by atoms with van der Waals surface area (Å²) in [5.41, 5.74) is 4.81. The molecule has 0 spiro atoms. The summed E-state index contributed by atoms with van der Waals surface area (Å²) in [7, 11) is 0. The number of nitrogens with one attached hydrogen (secondary N) is 1. The average molecular weight is 242 g/mol. The maximum atomic E-state index is 13.1. The molecule has 4 nitrogen and oxygen atoms in total. The largest absolute Gasteiger partial charge is 0.383 e. The number of allylic oxidation sites excluding steroid dienone is 4. The van der Waals surface area contributed by atoms with E-state index < -0.39 is 11.4 Å². The normalized spacial score (nSPS) is 11.2. The van der Waals surface area contributed by atoms with Gasteiger partial charge in [-0.05, 0) is 6.08 Å². The number of nitrogen functional groups attached to an aromatic ring is 1. The highest BCUT2D eigenvalue weighted by Crippen LogP contribution is 2.21. The Kier molecular flexibility index (Phi) is 3.63. The van der Waals surface area contributed by atoms with Crippen LogP contribution in [-0.4, -0.2) is 9.97 Å². The summed E-state index contributed by atoms with van der Waals surface area (Å²) < 4.78 is 13.1. The van der Waals surface area contributed by atoms with Gasteiger partial charge in [-0.3, -0.25) is 4.79 Å². The molecule has 0 fully saturated rings. The van der Waals surface area contributed by atoms with Gasteiger partial charge in [-0.25, -0.2) is 9.37 Å². The lowest BCUT2D eigenvalue weighted by Crippen LogP contribution is -2.12. The summed E-state index contributed by atoms with van der Waals surface area (Å²) in [6, 6.07) is 1.08. The van der Waals surface area contributed by atoms with Gasteiger partial charge in [0.1, 0.15) is 17.5 Å². The predicted octanol–water partition coefficient (Wildman–Crippen LogP) is 1.97. The third kappa shape index (κ3) is 3.06. The minimum Gasteiger partial charge on any atom is -0.383 e. The summed E-state index contributed by atoms with van der Waals surface area (Å²) in [4.78, 5) is 17.2. The quantitative estimate of drug-likeness (QED) is 0.795. The van der Waals surface area contributed by atoms with Crippen LogP contribution >= 0.6 is 11.6 Å². The highest BCUT2D eigenvalue weighted by Gasteiger charge is 2.09. The Morgan fingerprint density at radius 2 is 2.25 bits per heavy atom. The molecule has 0 bridgehead atoms. The Morgan fingerprint density at radius 1 is 1.62 bits per heavy atom. The monoisotopic (exact) mass is 241 g/mol. The van der Waals surface area contributed by atoms with E-state index in [-0.39, 0.29) is 22.2 Å². The van der Waals surface area contributed by atoms with Gasteiger partial charge in [0.15, 0.2) is 0 Å². The molecule has 0 saturated carbocycles. The molecule has 1 heterocycles. The van der Waals surface area contributed by atoms with Crippen molar-refractivity contribution >= 4 is 23.0 Å². The van der Waals surface area contributed by atoms with Crippen molar-refractivity contribution in [3.05, 3.63) is 52.3 Å².